The molecule has 0 radical (unpaired) electrons. The Morgan fingerprint density at radius 3 is 2.24 bits per heavy atom. The summed E-state index contributed by atoms with van der Waals surface area (Å²) in [6, 6.07) is 0. The molecule has 29 heavy (non-hydrogen) atoms. The molecule has 168 valence electrons. The molecule has 0 aromatic heterocycles. The molecule has 1 aliphatic carbocycles. The quantitative estimate of drug-likeness (QED) is 0.156. The molecule has 6 heteroatoms. The van der Waals surface area contributed by atoms with Crippen molar-refractivity contribution in [3.05, 3.63) is 0 Å². The number of alkyl halides is 1. The first-order chi connectivity index (χ1) is 13.2. The molecule has 0 N–H and O–H groups in total. The Morgan fingerprint density at radius 1 is 1.14 bits per heavy atom. The summed E-state index contributed by atoms with van der Waals surface area (Å²) in [4.78, 5) is 13.4. The van der Waals surface area contributed by atoms with Gasteiger partial charge in [-0.25, -0.2) is 0 Å². The van der Waals surface area contributed by atoms with Crippen LogP contribution in [0.1, 0.15) is 66.2 Å². The summed E-state index contributed by atoms with van der Waals surface area (Å²) in [7, 11) is -3.61. The molecular formula is C23H43BrO3Si2. The largest absolute Gasteiger partial charge is 0.465 e. The van der Waals surface area contributed by atoms with Crippen LogP contribution < -0.4 is 0 Å². The van der Waals surface area contributed by atoms with Gasteiger partial charge in [-0.05, 0) is 57.2 Å². The van der Waals surface area contributed by atoms with Gasteiger partial charge in [-0.3, -0.25) is 4.79 Å². The third kappa shape index (κ3) is 6.44. The van der Waals surface area contributed by atoms with Crippen LogP contribution in [0, 0.1) is 16.9 Å². The SMILES string of the molecule is CCOC(=O)[C@@]1(CCCBr)CCC[C@]1(CC#C[Si](C)(C)C)O[Si](C)(C)C(C)(C)C. The zero-order valence-electron chi connectivity index (χ0n) is 20.3. The Kier molecular flexibility index (Phi) is 9.30. The van der Waals surface area contributed by atoms with E-state index in [4.69, 9.17) is 9.16 Å². The number of carbonyl (C=O) groups is 1. The van der Waals surface area contributed by atoms with Gasteiger partial charge in [0.15, 0.2) is 8.32 Å². The first-order valence-electron chi connectivity index (χ1n) is 11.1. The van der Waals surface area contributed by atoms with E-state index in [1.165, 1.54) is 0 Å². The minimum atomic E-state index is -2.11. The second-order valence-electron chi connectivity index (χ2n) is 11.0. The van der Waals surface area contributed by atoms with E-state index in [1.807, 2.05) is 6.92 Å². The highest BCUT2D eigenvalue weighted by Gasteiger charge is 2.62. The van der Waals surface area contributed by atoms with Crippen molar-refractivity contribution >= 4 is 38.3 Å². The molecule has 0 saturated heterocycles. The second kappa shape index (κ2) is 10.0. The van der Waals surface area contributed by atoms with Crippen LogP contribution in [0.15, 0.2) is 0 Å². The minimum absolute atomic E-state index is 0.0740. The predicted octanol–water partition coefficient (Wildman–Crippen LogP) is 6.93. The van der Waals surface area contributed by atoms with Crippen molar-refractivity contribution in [2.24, 2.45) is 5.41 Å². The van der Waals surface area contributed by atoms with Crippen molar-refractivity contribution in [1.82, 2.24) is 0 Å². The summed E-state index contributed by atoms with van der Waals surface area (Å²) >= 11 is 3.57. The summed E-state index contributed by atoms with van der Waals surface area (Å²) in [6.07, 6.45) is 5.07. The summed E-state index contributed by atoms with van der Waals surface area (Å²) in [5.74, 6) is 3.42. The lowest BCUT2D eigenvalue weighted by Gasteiger charge is -2.50. The van der Waals surface area contributed by atoms with Gasteiger partial charge in [-0.1, -0.05) is 56.3 Å². The zero-order valence-corrected chi connectivity index (χ0v) is 23.8. The second-order valence-corrected chi connectivity index (χ2v) is 21.3. The first kappa shape index (κ1) is 26.9. The van der Waals surface area contributed by atoms with E-state index in [2.05, 4.69) is 80.9 Å². The van der Waals surface area contributed by atoms with Crippen LogP contribution in [0.3, 0.4) is 0 Å². The number of hydrogen-bond acceptors (Lipinski definition) is 3. The number of ether oxygens (including phenoxy) is 1. The van der Waals surface area contributed by atoms with Crippen molar-refractivity contribution in [2.45, 2.75) is 110 Å². The van der Waals surface area contributed by atoms with E-state index >= 15 is 0 Å². The maximum Gasteiger partial charge on any atom is 0.314 e. The van der Waals surface area contributed by atoms with E-state index < -0.39 is 27.4 Å². The van der Waals surface area contributed by atoms with Gasteiger partial charge in [0.2, 0.25) is 0 Å². The van der Waals surface area contributed by atoms with Crippen LogP contribution in [0.25, 0.3) is 0 Å². The van der Waals surface area contributed by atoms with Gasteiger partial charge in [0.25, 0.3) is 0 Å². The Balaban J connectivity index is 3.55. The van der Waals surface area contributed by atoms with Gasteiger partial charge in [-0.15, -0.1) is 11.5 Å². The summed E-state index contributed by atoms with van der Waals surface area (Å²) in [6.45, 7) is 20.5. The molecule has 1 aliphatic rings. The Hall–Kier alpha value is -0.0962. The minimum Gasteiger partial charge on any atom is -0.465 e. The Labute approximate surface area is 190 Å². The Bertz CT molecular complexity index is 625. The van der Waals surface area contributed by atoms with Crippen molar-refractivity contribution in [3.8, 4) is 11.5 Å². The lowest BCUT2D eigenvalue weighted by Crippen LogP contribution is -2.58. The standard InChI is InChI=1S/C23H43BrO3Si2/c1-10-26-20(25)22(15-12-18-24)14-11-16-23(22,17-13-19-28(5,6)7)27-29(8,9)21(2,3)4/h10-12,14-18H2,1-9H3/t22-,23+/m0/s1. The molecule has 2 atom stereocenters. The zero-order chi connectivity index (χ0) is 22.6. The fourth-order valence-electron chi connectivity index (χ4n) is 4.06. The van der Waals surface area contributed by atoms with E-state index in [9.17, 15) is 4.79 Å². The molecule has 0 aliphatic heterocycles. The molecule has 0 aromatic rings. The topological polar surface area (TPSA) is 35.5 Å². The fraction of sp³-hybridized carbons (Fsp3) is 0.870. The Morgan fingerprint density at radius 2 is 1.76 bits per heavy atom. The van der Waals surface area contributed by atoms with Gasteiger partial charge in [0, 0.05) is 11.8 Å². The highest BCUT2D eigenvalue weighted by atomic mass is 79.9. The molecule has 3 nitrogen and oxygen atoms in total. The van der Waals surface area contributed by atoms with Crippen LogP contribution in [0.2, 0.25) is 37.8 Å². The average Bonchev–Trinajstić information content (AvgIpc) is 2.89. The number of carbonyl (C=O) groups excluding carboxylic acids is 1. The van der Waals surface area contributed by atoms with E-state index in [0.29, 0.717) is 13.0 Å². The third-order valence-electron chi connectivity index (χ3n) is 6.55. The van der Waals surface area contributed by atoms with E-state index in [-0.39, 0.29) is 11.0 Å². The summed E-state index contributed by atoms with van der Waals surface area (Å²) in [5.41, 5.74) is 2.38. The lowest BCUT2D eigenvalue weighted by molar-refractivity contribution is -0.170. The molecule has 0 spiro atoms. The van der Waals surface area contributed by atoms with Crippen molar-refractivity contribution in [3.63, 3.8) is 0 Å². The first-order valence-corrected chi connectivity index (χ1v) is 18.6. The van der Waals surface area contributed by atoms with Gasteiger partial charge >= 0.3 is 5.97 Å². The molecule has 0 amide bonds. The third-order valence-corrected chi connectivity index (χ3v) is 12.6. The maximum absolute atomic E-state index is 13.4. The van der Waals surface area contributed by atoms with Crippen LogP contribution >= 0.6 is 15.9 Å². The van der Waals surface area contributed by atoms with Crippen molar-refractivity contribution in [1.29, 1.82) is 0 Å². The van der Waals surface area contributed by atoms with Gasteiger partial charge in [-0.2, -0.15) is 0 Å². The molecule has 1 rings (SSSR count). The molecule has 0 unspecified atom stereocenters. The monoisotopic (exact) mass is 502 g/mol. The van der Waals surface area contributed by atoms with Gasteiger partial charge in [0.1, 0.15) is 8.07 Å². The van der Waals surface area contributed by atoms with Crippen LogP contribution in [-0.4, -0.2) is 39.9 Å². The van der Waals surface area contributed by atoms with E-state index in [1.54, 1.807) is 0 Å². The van der Waals surface area contributed by atoms with Crippen molar-refractivity contribution in [2.75, 3.05) is 11.9 Å². The molecule has 1 fully saturated rings. The molecule has 0 bridgehead atoms. The number of esters is 1. The smallest absolute Gasteiger partial charge is 0.314 e. The number of halogens is 1. The highest BCUT2D eigenvalue weighted by molar-refractivity contribution is 9.09. The predicted molar refractivity (Wildman–Crippen MR) is 133 cm³/mol. The number of hydrogen-bond donors (Lipinski definition) is 0. The summed E-state index contributed by atoms with van der Waals surface area (Å²) in [5, 5.41) is 0.954. The van der Waals surface area contributed by atoms with Crippen molar-refractivity contribution < 1.29 is 14.0 Å². The highest BCUT2D eigenvalue weighted by Crippen LogP contribution is 2.57. The van der Waals surface area contributed by atoms with Crippen LogP contribution in [0.5, 0.6) is 0 Å². The molecule has 0 heterocycles. The van der Waals surface area contributed by atoms with Gasteiger partial charge in [0.05, 0.1) is 17.6 Å². The fourth-order valence-corrected chi connectivity index (χ4v) is 6.61. The molecule has 1 saturated carbocycles. The van der Waals surface area contributed by atoms with E-state index in [0.717, 1.165) is 37.4 Å². The lowest BCUT2D eigenvalue weighted by atomic mass is 9.69. The normalized spacial score (nSPS) is 25.4. The van der Waals surface area contributed by atoms with Crippen LogP contribution in [0.4, 0.5) is 0 Å². The average molecular weight is 504 g/mol. The maximum atomic E-state index is 13.4. The van der Waals surface area contributed by atoms with Gasteiger partial charge < -0.3 is 9.16 Å². The molecule has 0 aromatic carbocycles. The molecular weight excluding hydrogens is 460 g/mol. The number of rotatable bonds is 8. The summed E-state index contributed by atoms with van der Waals surface area (Å²) < 4.78 is 12.9. The van der Waals surface area contributed by atoms with Crippen LogP contribution in [-0.2, 0) is 14.0 Å².